The first-order chi connectivity index (χ1) is 12.7. The van der Waals surface area contributed by atoms with E-state index in [2.05, 4.69) is 0 Å². The SMILES string of the molecule is Cc1c(Cl)cccc1N(CCCC(=O)O)S(=O)(=O)c1ccccc1[N+](=O)[O-]. The number of nitrogens with zero attached hydrogens (tertiary/aromatic N) is 2. The van der Waals surface area contributed by atoms with E-state index in [9.17, 15) is 23.3 Å². The van der Waals surface area contributed by atoms with Crippen molar-refractivity contribution >= 4 is 39.0 Å². The van der Waals surface area contributed by atoms with Crippen molar-refractivity contribution < 1.29 is 23.2 Å². The highest BCUT2D eigenvalue weighted by Crippen LogP contribution is 2.33. The maximum Gasteiger partial charge on any atom is 0.303 e. The van der Waals surface area contributed by atoms with Gasteiger partial charge in [0.15, 0.2) is 4.90 Å². The number of rotatable bonds is 8. The van der Waals surface area contributed by atoms with E-state index in [0.29, 0.717) is 10.6 Å². The number of carboxylic acids is 1. The maximum atomic E-state index is 13.2. The average molecular weight is 413 g/mol. The van der Waals surface area contributed by atoms with Gasteiger partial charge in [0.1, 0.15) is 0 Å². The van der Waals surface area contributed by atoms with Gasteiger partial charge in [-0.2, -0.15) is 0 Å². The Hall–Kier alpha value is -2.65. The van der Waals surface area contributed by atoms with Crippen molar-refractivity contribution in [2.24, 2.45) is 0 Å². The molecule has 0 aliphatic heterocycles. The Kier molecular flexibility index (Phi) is 6.40. The Balaban J connectivity index is 2.60. The standard InChI is InChI=1S/C17H17ClN2O6S/c1-12-13(18)6-4-8-14(12)19(11-5-10-17(21)22)27(25,26)16-9-3-2-7-15(16)20(23)24/h2-4,6-9H,5,10-11H2,1H3,(H,21,22). The van der Waals surface area contributed by atoms with Gasteiger partial charge >= 0.3 is 5.97 Å². The molecule has 0 saturated heterocycles. The van der Waals surface area contributed by atoms with Crippen LogP contribution in [0.3, 0.4) is 0 Å². The van der Waals surface area contributed by atoms with Crippen LogP contribution in [0.4, 0.5) is 11.4 Å². The first kappa shape index (κ1) is 20.7. The van der Waals surface area contributed by atoms with Gasteiger partial charge in [-0.1, -0.05) is 29.8 Å². The molecule has 8 nitrogen and oxygen atoms in total. The fourth-order valence-corrected chi connectivity index (χ4v) is 4.45. The number of nitro benzene ring substituents is 1. The second kappa shape index (κ2) is 8.36. The first-order valence-corrected chi connectivity index (χ1v) is 9.71. The van der Waals surface area contributed by atoms with E-state index in [1.165, 1.54) is 18.2 Å². The molecule has 0 bridgehead atoms. The van der Waals surface area contributed by atoms with Crippen molar-refractivity contribution in [3.63, 3.8) is 0 Å². The number of halogens is 1. The highest BCUT2D eigenvalue weighted by atomic mass is 35.5. The summed E-state index contributed by atoms with van der Waals surface area (Å²) in [5.41, 5.74) is 0.156. The van der Waals surface area contributed by atoms with Gasteiger partial charge in [-0.25, -0.2) is 8.42 Å². The van der Waals surface area contributed by atoms with Gasteiger partial charge in [0.25, 0.3) is 15.7 Å². The summed E-state index contributed by atoms with van der Waals surface area (Å²) < 4.78 is 27.4. The van der Waals surface area contributed by atoms with Crippen molar-refractivity contribution in [1.29, 1.82) is 0 Å². The fraction of sp³-hybridized carbons (Fsp3) is 0.235. The van der Waals surface area contributed by atoms with E-state index in [1.54, 1.807) is 19.1 Å². The number of aliphatic carboxylic acids is 1. The quantitative estimate of drug-likeness (QED) is 0.522. The van der Waals surface area contributed by atoms with Gasteiger partial charge in [-0.15, -0.1) is 0 Å². The van der Waals surface area contributed by atoms with Crippen LogP contribution in [0.2, 0.25) is 5.02 Å². The van der Waals surface area contributed by atoms with E-state index in [-0.39, 0.29) is 25.1 Å². The van der Waals surface area contributed by atoms with Crippen LogP contribution in [0.25, 0.3) is 0 Å². The molecule has 0 amide bonds. The predicted molar refractivity (Wildman–Crippen MR) is 101 cm³/mol. The van der Waals surface area contributed by atoms with E-state index < -0.39 is 31.5 Å². The number of hydrogen-bond donors (Lipinski definition) is 1. The summed E-state index contributed by atoms with van der Waals surface area (Å²) in [4.78, 5) is 20.9. The summed E-state index contributed by atoms with van der Waals surface area (Å²) in [5.74, 6) is -1.07. The minimum Gasteiger partial charge on any atom is -0.481 e. The molecule has 0 radical (unpaired) electrons. The van der Waals surface area contributed by atoms with Gasteiger partial charge in [-0.3, -0.25) is 19.2 Å². The zero-order valence-electron chi connectivity index (χ0n) is 14.3. The third kappa shape index (κ3) is 4.55. The summed E-state index contributed by atoms with van der Waals surface area (Å²) in [5, 5.41) is 20.5. The number of carboxylic acid groups (broad SMARTS) is 1. The Bertz CT molecular complexity index is 977. The zero-order valence-corrected chi connectivity index (χ0v) is 15.9. The third-order valence-electron chi connectivity index (χ3n) is 3.89. The molecule has 144 valence electrons. The minimum atomic E-state index is -4.33. The predicted octanol–water partition coefficient (Wildman–Crippen LogP) is 3.62. The molecule has 2 aromatic carbocycles. The lowest BCUT2D eigenvalue weighted by atomic mass is 10.2. The smallest absolute Gasteiger partial charge is 0.303 e. The number of anilines is 1. The molecule has 2 aromatic rings. The molecule has 0 aliphatic rings. The lowest BCUT2D eigenvalue weighted by Crippen LogP contribution is -2.33. The van der Waals surface area contributed by atoms with Crippen LogP contribution >= 0.6 is 11.6 Å². The summed E-state index contributed by atoms with van der Waals surface area (Å²) in [6.07, 6.45) is -0.219. The van der Waals surface area contributed by atoms with Gasteiger partial charge in [0.2, 0.25) is 0 Å². The van der Waals surface area contributed by atoms with Crippen LogP contribution in [0.1, 0.15) is 18.4 Å². The maximum absolute atomic E-state index is 13.2. The Labute approximate surface area is 161 Å². The molecule has 2 rings (SSSR count). The lowest BCUT2D eigenvalue weighted by Gasteiger charge is -2.26. The Morgan fingerprint density at radius 2 is 1.89 bits per heavy atom. The third-order valence-corrected chi connectivity index (χ3v) is 6.16. The van der Waals surface area contributed by atoms with Gasteiger partial charge in [-0.05, 0) is 37.1 Å². The van der Waals surface area contributed by atoms with Crippen molar-refractivity contribution in [3.05, 3.63) is 63.2 Å². The van der Waals surface area contributed by atoms with Crippen LogP contribution in [0.5, 0.6) is 0 Å². The molecule has 0 heterocycles. The number of nitro groups is 1. The summed E-state index contributed by atoms with van der Waals surface area (Å²) in [6, 6.07) is 9.69. The summed E-state index contributed by atoms with van der Waals surface area (Å²) >= 11 is 6.10. The van der Waals surface area contributed by atoms with E-state index in [0.717, 1.165) is 16.4 Å². The molecular weight excluding hydrogens is 396 g/mol. The highest BCUT2D eigenvalue weighted by Gasteiger charge is 2.32. The molecule has 0 atom stereocenters. The van der Waals surface area contributed by atoms with Gasteiger partial charge < -0.3 is 5.11 Å². The highest BCUT2D eigenvalue weighted by molar-refractivity contribution is 7.93. The first-order valence-electron chi connectivity index (χ1n) is 7.89. The molecule has 1 N–H and O–H groups in total. The van der Waals surface area contributed by atoms with Crippen molar-refractivity contribution in [2.75, 3.05) is 10.8 Å². The van der Waals surface area contributed by atoms with Gasteiger partial charge in [0.05, 0.1) is 10.6 Å². The van der Waals surface area contributed by atoms with Crippen molar-refractivity contribution in [1.82, 2.24) is 0 Å². The Morgan fingerprint density at radius 1 is 1.22 bits per heavy atom. The number of hydrogen-bond acceptors (Lipinski definition) is 5. The van der Waals surface area contributed by atoms with Crippen LogP contribution in [-0.4, -0.2) is 31.0 Å². The molecule has 0 unspecified atom stereocenters. The van der Waals surface area contributed by atoms with E-state index in [1.807, 2.05) is 0 Å². The monoisotopic (exact) mass is 412 g/mol. The Morgan fingerprint density at radius 3 is 2.52 bits per heavy atom. The molecular formula is C17H17ClN2O6S. The molecule has 27 heavy (non-hydrogen) atoms. The van der Waals surface area contributed by atoms with Crippen LogP contribution in [0.15, 0.2) is 47.4 Å². The topological polar surface area (TPSA) is 118 Å². The molecule has 0 spiro atoms. The van der Waals surface area contributed by atoms with Crippen molar-refractivity contribution in [2.45, 2.75) is 24.7 Å². The lowest BCUT2D eigenvalue weighted by molar-refractivity contribution is -0.387. The fourth-order valence-electron chi connectivity index (χ4n) is 2.56. The second-order valence-electron chi connectivity index (χ2n) is 5.68. The normalized spacial score (nSPS) is 11.2. The number of carbonyl (C=O) groups is 1. The number of para-hydroxylation sites is 1. The molecule has 0 fully saturated rings. The van der Waals surface area contributed by atoms with Gasteiger partial charge in [0, 0.05) is 24.1 Å². The van der Waals surface area contributed by atoms with Crippen LogP contribution < -0.4 is 4.31 Å². The second-order valence-corrected chi connectivity index (χ2v) is 7.92. The number of sulfonamides is 1. The van der Waals surface area contributed by atoms with Crippen molar-refractivity contribution in [3.8, 4) is 0 Å². The average Bonchev–Trinajstić information content (AvgIpc) is 2.61. The van der Waals surface area contributed by atoms with Crippen LogP contribution in [0, 0.1) is 17.0 Å². The molecule has 10 heteroatoms. The molecule has 0 aromatic heterocycles. The molecule has 0 aliphatic carbocycles. The number of benzene rings is 2. The summed E-state index contributed by atoms with van der Waals surface area (Å²) in [6.45, 7) is 1.46. The molecule has 0 saturated carbocycles. The van der Waals surface area contributed by atoms with Crippen LogP contribution in [-0.2, 0) is 14.8 Å². The van der Waals surface area contributed by atoms with E-state index in [4.69, 9.17) is 16.7 Å². The minimum absolute atomic E-state index is 0.0289. The van der Waals surface area contributed by atoms with E-state index >= 15 is 0 Å². The largest absolute Gasteiger partial charge is 0.481 e. The summed E-state index contributed by atoms with van der Waals surface area (Å²) in [7, 11) is -4.33. The zero-order chi connectivity index (χ0) is 20.2.